The maximum atomic E-state index is 11.2. The van der Waals surface area contributed by atoms with Crippen molar-refractivity contribution in [3.63, 3.8) is 0 Å². The van der Waals surface area contributed by atoms with Crippen molar-refractivity contribution in [1.82, 2.24) is 0 Å². The van der Waals surface area contributed by atoms with Crippen molar-refractivity contribution in [2.45, 2.75) is 32.6 Å². The van der Waals surface area contributed by atoms with E-state index in [1.54, 1.807) is 13.0 Å². The highest BCUT2D eigenvalue weighted by molar-refractivity contribution is 6.77. The van der Waals surface area contributed by atoms with Gasteiger partial charge in [-0.25, -0.2) is 4.79 Å². The normalized spacial score (nSPS) is 11.4. The molecule has 6 nitrogen and oxygen atoms in total. The third kappa shape index (κ3) is 7.87. The van der Waals surface area contributed by atoms with Gasteiger partial charge in [-0.1, -0.05) is 12.6 Å². The molecule has 139 valence electrons. The van der Waals surface area contributed by atoms with Crippen molar-refractivity contribution < 1.29 is 28.2 Å². The summed E-state index contributed by atoms with van der Waals surface area (Å²) in [6, 6.07) is 6.15. The van der Waals surface area contributed by atoms with Crippen LogP contribution in [0, 0.1) is 0 Å². The fraction of sp³-hybridized carbons (Fsp3) is 0.471. The van der Waals surface area contributed by atoms with Crippen molar-refractivity contribution in [1.29, 1.82) is 0 Å². The van der Waals surface area contributed by atoms with Crippen LogP contribution in [0.5, 0.6) is 11.5 Å². The zero-order valence-electron chi connectivity index (χ0n) is 15.5. The van der Waals surface area contributed by atoms with Crippen molar-refractivity contribution in [3.8, 4) is 11.5 Å². The molecule has 0 saturated heterocycles. The fourth-order valence-corrected chi connectivity index (χ4v) is 8.14. The van der Waals surface area contributed by atoms with E-state index in [0.29, 0.717) is 17.6 Å². The number of carbonyl (C=O) groups is 1. The molecule has 0 aromatic heterocycles. The van der Waals surface area contributed by atoms with E-state index < -0.39 is 23.3 Å². The second-order valence-corrected chi connectivity index (χ2v) is 12.8. The number of ether oxygens (including phenoxy) is 3. The summed E-state index contributed by atoms with van der Waals surface area (Å²) in [4.78, 5) is 11.2. The lowest BCUT2D eigenvalue weighted by Crippen LogP contribution is -2.41. The molecule has 0 bridgehead atoms. The van der Waals surface area contributed by atoms with Gasteiger partial charge in [-0.15, -0.1) is 0 Å². The van der Waals surface area contributed by atoms with Crippen LogP contribution in [-0.4, -0.2) is 48.6 Å². The Morgan fingerprint density at radius 2 is 2.04 bits per heavy atom. The van der Waals surface area contributed by atoms with E-state index in [1.165, 1.54) is 7.11 Å². The highest BCUT2D eigenvalue weighted by Crippen LogP contribution is 2.28. The number of hydrogen-bond donors (Lipinski definition) is 1. The average molecular weight is 384 g/mol. The molecule has 0 atom stereocenters. The molecule has 0 spiro atoms. The maximum Gasteiger partial charge on any atom is 0.335 e. The summed E-state index contributed by atoms with van der Waals surface area (Å²) in [6.45, 7) is 11.3. The molecule has 25 heavy (non-hydrogen) atoms. The van der Waals surface area contributed by atoms with Gasteiger partial charge >= 0.3 is 5.97 Å². The van der Waals surface area contributed by atoms with Crippen molar-refractivity contribution in [2.24, 2.45) is 0 Å². The molecule has 0 unspecified atom stereocenters. The molecule has 0 saturated carbocycles. The smallest absolute Gasteiger partial charge is 0.335 e. The second-order valence-electron chi connectivity index (χ2n) is 6.43. The Labute approximate surface area is 152 Å². The standard InChI is InChI=1S/C17H27O6Si2/c1-13(2)17(19)22-11-21-12-24(4)23-25(5,6)10-14-7-8-15(18)16(9-14)20-3/h7-9,18H,1,10-12H2,2-6H3. The van der Waals surface area contributed by atoms with Crippen LogP contribution in [0.1, 0.15) is 12.5 Å². The molecule has 1 rings (SSSR count). The topological polar surface area (TPSA) is 74.2 Å². The summed E-state index contributed by atoms with van der Waals surface area (Å²) in [5.41, 5.74) is 1.41. The van der Waals surface area contributed by atoms with Crippen LogP contribution in [0.25, 0.3) is 0 Å². The number of phenolic OH excluding ortho intramolecular Hbond substituents is 1. The fourth-order valence-electron chi connectivity index (χ4n) is 2.26. The maximum absolute atomic E-state index is 11.2. The third-order valence-electron chi connectivity index (χ3n) is 3.25. The van der Waals surface area contributed by atoms with Gasteiger partial charge in [0.1, 0.15) is 0 Å². The Bertz CT molecular complexity index is 603. The van der Waals surface area contributed by atoms with Gasteiger partial charge in [-0.2, -0.15) is 0 Å². The average Bonchev–Trinajstić information content (AvgIpc) is 2.52. The van der Waals surface area contributed by atoms with Crippen LogP contribution in [0.2, 0.25) is 19.6 Å². The first-order valence-corrected chi connectivity index (χ1v) is 13.2. The number of methoxy groups -OCH3 is 1. The quantitative estimate of drug-likeness (QED) is 0.220. The Morgan fingerprint density at radius 1 is 1.36 bits per heavy atom. The zero-order chi connectivity index (χ0) is 19.0. The summed E-state index contributed by atoms with van der Waals surface area (Å²) in [5.74, 6) is 0.137. The van der Waals surface area contributed by atoms with Crippen LogP contribution in [-0.2, 0) is 24.4 Å². The molecular formula is C17H27O6Si2. The summed E-state index contributed by atoms with van der Waals surface area (Å²) in [6.07, 6.45) is 0.434. The Balaban J connectivity index is 2.45. The third-order valence-corrected chi connectivity index (χ3v) is 8.73. The van der Waals surface area contributed by atoms with Gasteiger partial charge in [0, 0.05) is 5.57 Å². The van der Waals surface area contributed by atoms with Gasteiger partial charge in [0.25, 0.3) is 0 Å². The molecule has 0 aliphatic heterocycles. The minimum absolute atomic E-state index is 0.0891. The highest BCUT2D eigenvalue weighted by Gasteiger charge is 2.26. The van der Waals surface area contributed by atoms with Crippen molar-refractivity contribution >= 4 is 23.3 Å². The molecule has 0 heterocycles. The van der Waals surface area contributed by atoms with Crippen LogP contribution < -0.4 is 4.74 Å². The van der Waals surface area contributed by atoms with Crippen molar-refractivity contribution in [2.75, 3.05) is 20.1 Å². The van der Waals surface area contributed by atoms with E-state index in [2.05, 4.69) is 19.7 Å². The predicted molar refractivity (Wildman–Crippen MR) is 100 cm³/mol. The first-order valence-electron chi connectivity index (χ1n) is 7.92. The molecule has 0 amide bonds. The first-order chi connectivity index (χ1) is 11.6. The molecule has 0 aliphatic carbocycles. The van der Waals surface area contributed by atoms with E-state index >= 15 is 0 Å². The molecule has 1 aromatic carbocycles. The van der Waals surface area contributed by atoms with Gasteiger partial charge in [-0.05, 0) is 50.3 Å². The SMILES string of the molecule is C=C(C)C(=O)OCOC[Si](C)O[Si](C)(C)Cc1ccc(O)c(OC)c1. The van der Waals surface area contributed by atoms with E-state index in [4.69, 9.17) is 18.3 Å². The van der Waals surface area contributed by atoms with Gasteiger partial charge < -0.3 is 23.4 Å². The molecule has 0 fully saturated rings. The number of rotatable bonds is 10. The summed E-state index contributed by atoms with van der Waals surface area (Å²) >= 11 is 0. The lowest BCUT2D eigenvalue weighted by atomic mass is 10.2. The van der Waals surface area contributed by atoms with Gasteiger partial charge in [0.2, 0.25) is 9.04 Å². The number of benzene rings is 1. The molecule has 1 N–H and O–H groups in total. The monoisotopic (exact) mass is 383 g/mol. The molecular weight excluding hydrogens is 356 g/mol. The Hall–Kier alpha value is -1.62. The van der Waals surface area contributed by atoms with E-state index in [-0.39, 0.29) is 12.5 Å². The summed E-state index contributed by atoms with van der Waals surface area (Å²) in [5, 5.41) is 9.67. The lowest BCUT2D eigenvalue weighted by molar-refractivity contribution is -0.150. The largest absolute Gasteiger partial charge is 0.504 e. The number of carbonyl (C=O) groups excluding carboxylic acids is 1. The first kappa shape index (κ1) is 21.4. The molecule has 1 aromatic rings. The molecule has 8 heteroatoms. The van der Waals surface area contributed by atoms with Crippen LogP contribution in [0.3, 0.4) is 0 Å². The Kier molecular flexibility index (Phi) is 8.36. The van der Waals surface area contributed by atoms with Gasteiger partial charge in [-0.3, -0.25) is 0 Å². The van der Waals surface area contributed by atoms with Gasteiger partial charge in [0.05, 0.1) is 13.3 Å². The van der Waals surface area contributed by atoms with Crippen LogP contribution in [0.4, 0.5) is 0 Å². The number of phenols is 1. The summed E-state index contributed by atoms with van der Waals surface area (Å²) in [7, 11) is -1.58. The number of hydrogen-bond acceptors (Lipinski definition) is 6. The highest BCUT2D eigenvalue weighted by atomic mass is 28.4. The minimum Gasteiger partial charge on any atom is -0.504 e. The van der Waals surface area contributed by atoms with E-state index in [9.17, 15) is 9.90 Å². The molecule has 1 radical (unpaired) electrons. The zero-order valence-corrected chi connectivity index (χ0v) is 17.5. The predicted octanol–water partition coefficient (Wildman–Crippen LogP) is 2.96. The van der Waals surface area contributed by atoms with Crippen LogP contribution >= 0.6 is 0 Å². The second kappa shape index (κ2) is 9.76. The van der Waals surface area contributed by atoms with E-state index in [0.717, 1.165) is 11.6 Å². The van der Waals surface area contributed by atoms with Crippen molar-refractivity contribution in [3.05, 3.63) is 35.9 Å². The van der Waals surface area contributed by atoms with Gasteiger partial charge in [0.15, 0.2) is 26.6 Å². The van der Waals surface area contributed by atoms with Crippen LogP contribution in [0.15, 0.2) is 30.4 Å². The summed E-state index contributed by atoms with van der Waals surface area (Å²) < 4.78 is 21.7. The number of aromatic hydroxyl groups is 1. The minimum atomic E-state index is -1.95. The molecule has 0 aliphatic rings. The number of esters is 1. The Morgan fingerprint density at radius 3 is 2.64 bits per heavy atom. The van der Waals surface area contributed by atoms with E-state index in [1.807, 2.05) is 18.7 Å². The lowest BCUT2D eigenvalue weighted by Gasteiger charge is -2.27.